The molecule has 1 saturated heterocycles. The van der Waals surface area contributed by atoms with E-state index in [2.05, 4.69) is 24.1 Å². The zero-order valence-corrected chi connectivity index (χ0v) is 10.7. The van der Waals surface area contributed by atoms with Crippen molar-refractivity contribution in [2.45, 2.75) is 45.3 Å². The van der Waals surface area contributed by atoms with Crippen LogP contribution in [0.5, 0.6) is 0 Å². The summed E-state index contributed by atoms with van der Waals surface area (Å²) in [5.41, 5.74) is 0. The van der Waals surface area contributed by atoms with Gasteiger partial charge in [-0.15, -0.1) is 0 Å². The molecule has 0 radical (unpaired) electrons. The molecular formula is C13H26N2O. The van der Waals surface area contributed by atoms with Crippen LogP contribution in [0.2, 0.25) is 0 Å². The third-order valence-corrected chi connectivity index (χ3v) is 3.63. The first-order chi connectivity index (χ1) is 7.63. The van der Waals surface area contributed by atoms with Crippen molar-refractivity contribution in [3.05, 3.63) is 0 Å². The molecule has 0 aromatic rings. The number of piperidine rings is 1. The number of likely N-dealkylation sites (tertiary alicyclic amines) is 1. The van der Waals surface area contributed by atoms with Gasteiger partial charge in [0.2, 0.25) is 0 Å². The Balaban J connectivity index is 1.66. The molecule has 0 aromatic carbocycles. The summed E-state index contributed by atoms with van der Waals surface area (Å²) in [6, 6.07) is 0.703. The van der Waals surface area contributed by atoms with Gasteiger partial charge in [0.15, 0.2) is 0 Å². The first kappa shape index (κ1) is 12.3. The summed E-state index contributed by atoms with van der Waals surface area (Å²) >= 11 is 0. The van der Waals surface area contributed by atoms with Crippen molar-refractivity contribution in [2.24, 2.45) is 11.8 Å². The van der Waals surface area contributed by atoms with Gasteiger partial charge in [-0.25, -0.2) is 0 Å². The molecule has 2 N–H and O–H groups in total. The van der Waals surface area contributed by atoms with E-state index in [1.807, 2.05) is 0 Å². The molecule has 2 rings (SSSR count). The highest BCUT2D eigenvalue weighted by Gasteiger charge is 2.25. The highest BCUT2D eigenvalue weighted by Crippen LogP contribution is 2.21. The van der Waals surface area contributed by atoms with Gasteiger partial charge in [-0.3, -0.25) is 0 Å². The number of β-amino-alcohol motifs (C(OH)–C–C–N with tert-alkyl or cyclic N) is 1. The van der Waals surface area contributed by atoms with Crippen LogP contribution in [0.3, 0.4) is 0 Å². The number of hydrogen-bond donors (Lipinski definition) is 2. The average Bonchev–Trinajstić information content (AvgIpc) is 2.96. The number of hydrogen-bond acceptors (Lipinski definition) is 3. The summed E-state index contributed by atoms with van der Waals surface area (Å²) in [4.78, 5) is 2.43. The van der Waals surface area contributed by atoms with Gasteiger partial charge in [-0.05, 0) is 31.1 Å². The highest BCUT2D eigenvalue weighted by molar-refractivity contribution is 4.83. The molecule has 0 amide bonds. The van der Waals surface area contributed by atoms with Crippen LogP contribution in [0.25, 0.3) is 0 Å². The Morgan fingerprint density at radius 2 is 1.88 bits per heavy atom. The summed E-state index contributed by atoms with van der Waals surface area (Å²) in [5, 5.41) is 13.3. The van der Waals surface area contributed by atoms with Gasteiger partial charge in [0.1, 0.15) is 0 Å². The highest BCUT2D eigenvalue weighted by atomic mass is 16.3. The second-order valence-electron chi connectivity index (χ2n) is 6.00. The average molecular weight is 226 g/mol. The zero-order chi connectivity index (χ0) is 11.5. The summed E-state index contributed by atoms with van der Waals surface area (Å²) in [6.45, 7) is 8.56. The lowest BCUT2D eigenvalue weighted by atomic mass is 9.92. The number of aliphatic hydroxyl groups excluding tert-OH is 1. The van der Waals surface area contributed by atoms with Gasteiger partial charge in [0.25, 0.3) is 0 Å². The van der Waals surface area contributed by atoms with E-state index in [4.69, 9.17) is 0 Å². The third-order valence-electron chi connectivity index (χ3n) is 3.63. The van der Waals surface area contributed by atoms with Crippen LogP contribution in [-0.4, -0.2) is 48.3 Å². The van der Waals surface area contributed by atoms with Crippen molar-refractivity contribution in [3.8, 4) is 0 Å². The van der Waals surface area contributed by atoms with Crippen molar-refractivity contribution in [1.29, 1.82) is 0 Å². The lowest BCUT2D eigenvalue weighted by Crippen LogP contribution is -2.45. The largest absolute Gasteiger partial charge is 0.390 e. The van der Waals surface area contributed by atoms with Crippen LogP contribution in [0.1, 0.15) is 33.1 Å². The smallest absolute Gasteiger partial charge is 0.0791 e. The van der Waals surface area contributed by atoms with Gasteiger partial charge < -0.3 is 15.3 Å². The lowest BCUT2D eigenvalue weighted by molar-refractivity contribution is 0.0698. The van der Waals surface area contributed by atoms with Crippen molar-refractivity contribution in [1.82, 2.24) is 10.2 Å². The topological polar surface area (TPSA) is 35.5 Å². The Hall–Kier alpha value is -0.120. The Morgan fingerprint density at radius 1 is 1.25 bits per heavy atom. The van der Waals surface area contributed by atoms with Crippen LogP contribution in [0.15, 0.2) is 0 Å². The van der Waals surface area contributed by atoms with Crippen LogP contribution in [0.4, 0.5) is 0 Å². The number of aliphatic hydroxyl groups is 1. The van der Waals surface area contributed by atoms with E-state index in [1.54, 1.807) is 0 Å². The van der Waals surface area contributed by atoms with Gasteiger partial charge >= 0.3 is 0 Å². The molecular weight excluding hydrogens is 200 g/mol. The minimum Gasteiger partial charge on any atom is -0.390 e. The van der Waals surface area contributed by atoms with E-state index in [-0.39, 0.29) is 6.10 Å². The summed E-state index contributed by atoms with van der Waals surface area (Å²) in [5.74, 6) is 1.57. The van der Waals surface area contributed by atoms with Gasteiger partial charge in [-0.1, -0.05) is 13.8 Å². The molecule has 94 valence electrons. The van der Waals surface area contributed by atoms with Crippen LogP contribution >= 0.6 is 0 Å². The molecule has 1 saturated carbocycles. The van der Waals surface area contributed by atoms with E-state index in [0.29, 0.717) is 6.04 Å². The van der Waals surface area contributed by atoms with Crippen molar-refractivity contribution in [2.75, 3.05) is 26.2 Å². The Bertz CT molecular complexity index is 208. The van der Waals surface area contributed by atoms with Crippen LogP contribution < -0.4 is 5.32 Å². The van der Waals surface area contributed by atoms with E-state index in [9.17, 15) is 5.11 Å². The molecule has 0 unspecified atom stereocenters. The maximum Gasteiger partial charge on any atom is 0.0791 e. The summed E-state index contributed by atoms with van der Waals surface area (Å²) < 4.78 is 0. The number of rotatable bonds is 5. The maximum atomic E-state index is 9.95. The Morgan fingerprint density at radius 3 is 2.44 bits per heavy atom. The standard InChI is InChI=1S/C13H26N2O/c1-10-5-11(2)8-15(7-10)9-13(16)6-14-12-3-4-12/h10-14,16H,3-9H2,1-2H3/t10-,11-,13-/m0/s1. The lowest BCUT2D eigenvalue weighted by Gasteiger charge is -2.36. The summed E-state index contributed by atoms with van der Waals surface area (Å²) in [7, 11) is 0. The fraction of sp³-hybridized carbons (Fsp3) is 1.00. The first-order valence-corrected chi connectivity index (χ1v) is 6.77. The third kappa shape index (κ3) is 4.04. The van der Waals surface area contributed by atoms with Gasteiger partial charge in [-0.2, -0.15) is 0 Å². The molecule has 0 bridgehead atoms. The molecule has 0 spiro atoms. The number of nitrogens with one attached hydrogen (secondary N) is 1. The molecule has 1 aliphatic heterocycles. The normalized spacial score (nSPS) is 33.9. The zero-order valence-electron chi connectivity index (χ0n) is 10.7. The Kier molecular flexibility index (Phi) is 4.22. The fourth-order valence-electron chi connectivity index (χ4n) is 2.89. The van der Waals surface area contributed by atoms with E-state index in [0.717, 1.165) is 38.0 Å². The molecule has 16 heavy (non-hydrogen) atoms. The predicted molar refractivity (Wildman–Crippen MR) is 66.4 cm³/mol. The van der Waals surface area contributed by atoms with Crippen LogP contribution in [-0.2, 0) is 0 Å². The molecule has 0 aromatic heterocycles. The van der Waals surface area contributed by atoms with Crippen molar-refractivity contribution in [3.63, 3.8) is 0 Å². The molecule has 2 fully saturated rings. The molecule has 3 atom stereocenters. The minimum absolute atomic E-state index is 0.196. The minimum atomic E-state index is -0.196. The molecule has 2 aliphatic rings. The van der Waals surface area contributed by atoms with E-state index >= 15 is 0 Å². The fourth-order valence-corrected chi connectivity index (χ4v) is 2.89. The SMILES string of the molecule is C[C@H]1C[C@H](C)CN(C[C@@H](O)CNC2CC2)C1. The Labute approximate surface area is 99.2 Å². The van der Waals surface area contributed by atoms with Crippen molar-refractivity contribution >= 4 is 0 Å². The summed E-state index contributed by atoms with van der Waals surface area (Å²) in [6.07, 6.45) is 3.74. The van der Waals surface area contributed by atoms with E-state index in [1.165, 1.54) is 19.3 Å². The second-order valence-corrected chi connectivity index (χ2v) is 6.00. The van der Waals surface area contributed by atoms with E-state index < -0.39 is 0 Å². The molecule has 1 aliphatic carbocycles. The van der Waals surface area contributed by atoms with Gasteiger partial charge in [0.05, 0.1) is 6.10 Å². The van der Waals surface area contributed by atoms with Gasteiger partial charge in [0, 0.05) is 32.2 Å². The second kappa shape index (κ2) is 5.48. The molecule has 3 heteroatoms. The van der Waals surface area contributed by atoms with Crippen molar-refractivity contribution < 1.29 is 5.11 Å². The first-order valence-electron chi connectivity index (χ1n) is 6.77. The predicted octanol–water partition coefficient (Wildman–Crippen LogP) is 1.08. The molecule has 3 nitrogen and oxygen atoms in total. The molecule has 1 heterocycles. The maximum absolute atomic E-state index is 9.95. The number of nitrogens with zero attached hydrogens (tertiary/aromatic N) is 1. The van der Waals surface area contributed by atoms with Crippen LogP contribution in [0, 0.1) is 11.8 Å². The quantitative estimate of drug-likeness (QED) is 0.736. The monoisotopic (exact) mass is 226 g/mol.